The molecule has 1 aliphatic heterocycles. The summed E-state index contributed by atoms with van der Waals surface area (Å²) in [4.78, 5) is 14.1. The molecule has 20 heavy (non-hydrogen) atoms. The number of piperidine rings is 1. The Labute approximate surface area is 120 Å². The van der Waals surface area contributed by atoms with Crippen LogP contribution in [0.5, 0.6) is 0 Å². The minimum absolute atomic E-state index is 0.0269. The first kappa shape index (κ1) is 15.0. The molecule has 1 heterocycles. The number of rotatable bonds is 5. The van der Waals surface area contributed by atoms with Gasteiger partial charge in [-0.3, -0.25) is 4.79 Å². The number of carbonyl (C=O) groups excluding carboxylic acids is 1. The largest absolute Gasteiger partial charge is 0.396 e. The third kappa shape index (κ3) is 4.05. The predicted octanol–water partition coefficient (Wildman–Crippen LogP) is 1.18. The quantitative estimate of drug-likeness (QED) is 0.848. The lowest BCUT2D eigenvalue weighted by Gasteiger charge is -2.33. The molecule has 0 radical (unpaired) electrons. The third-order valence-corrected chi connectivity index (χ3v) is 3.99. The highest BCUT2D eigenvalue weighted by Gasteiger charge is 2.26. The first-order chi connectivity index (χ1) is 9.70. The summed E-state index contributed by atoms with van der Waals surface area (Å²) in [6, 6.07) is 9.66. The molecule has 2 atom stereocenters. The number of aliphatic hydroxyl groups excluding tert-OH is 1. The summed E-state index contributed by atoms with van der Waals surface area (Å²) in [6.45, 7) is 1.58. The summed E-state index contributed by atoms with van der Waals surface area (Å²) >= 11 is 0. The number of nitrogens with two attached hydrogens (primary N) is 1. The van der Waals surface area contributed by atoms with Crippen LogP contribution in [0.25, 0.3) is 0 Å². The molecule has 1 aromatic carbocycles. The van der Waals surface area contributed by atoms with E-state index in [9.17, 15) is 9.90 Å². The number of nitrogens with zero attached hydrogens (tertiary/aromatic N) is 1. The number of hydrogen-bond donors (Lipinski definition) is 2. The maximum Gasteiger partial charge on any atom is 0.239 e. The van der Waals surface area contributed by atoms with Crippen molar-refractivity contribution in [2.24, 2.45) is 11.7 Å². The summed E-state index contributed by atoms with van der Waals surface area (Å²) in [7, 11) is 0. The Morgan fingerprint density at radius 1 is 1.40 bits per heavy atom. The number of hydrogen-bond acceptors (Lipinski definition) is 3. The molecule has 4 heteroatoms. The van der Waals surface area contributed by atoms with Gasteiger partial charge in [0.25, 0.3) is 0 Å². The van der Waals surface area contributed by atoms with Gasteiger partial charge in [-0.15, -0.1) is 0 Å². The average Bonchev–Trinajstić information content (AvgIpc) is 2.53. The van der Waals surface area contributed by atoms with Gasteiger partial charge in [0.2, 0.25) is 5.91 Å². The van der Waals surface area contributed by atoms with Crippen LogP contribution in [0.15, 0.2) is 30.3 Å². The minimum Gasteiger partial charge on any atom is -0.396 e. The Balaban J connectivity index is 1.82. The molecule has 4 nitrogen and oxygen atoms in total. The lowest BCUT2D eigenvalue weighted by atomic mass is 9.97. The molecule has 0 aliphatic carbocycles. The van der Waals surface area contributed by atoms with Gasteiger partial charge in [0, 0.05) is 19.7 Å². The van der Waals surface area contributed by atoms with Crippen LogP contribution >= 0.6 is 0 Å². The number of likely N-dealkylation sites (tertiary alicyclic amines) is 1. The summed E-state index contributed by atoms with van der Waals surface area (Å²) in [5, 5.41) is 9.21. The Morgan fingerprint density at radius 2 is 2.15 bits per heavy atom. The van der Waals surface area contributed by atoms with E-state index in [2.05, 4.69) is 12.1 Å². The van der Waals surface area contributed by atoms with Crippen molar-refractivity contribution in [1.82, 2.24) is 4.90 Å². The van der Waals surface area contributed by atoms with E-state index in [1.807, 2.05) is 23.1 Å². The van der Waals surface area contributed by atoms with Gasteiger partial charge >= 0.3 is 0 Å². The second-order valence-electron chi connectivity index (χ2n) is 5.61. The molecule has 1 amide bonds. The van der Waals surface area contributed by atoms with Gasteiger partial charge in [0.15, 0.2) is 0 Å². The van der Waals surface area contributed by atoms with Crippen LogP contribution in [0.3, 0.4) is 0 Å². The summed E-state index contributed by atoms with van der Waals surface area (Å²) < 4.78 is 0. The fourth-order valence-electron chi connectivity index (χ4n) is 2.74. The van der Waals surface area contributed by atoms with Gasteiger partial charge in [0.1, 0.15) is 0 Å². The molecule has 0 bridgehead atoms. The highest BCUT2D eigenvalue weighted by molar-refractivity contribution is 5.81. The lowest BCUT2D eigenvalue weighted by Crippen LogP contribution is -2.48. The zero-order chi connectivity index (χ0) is 14.4. The summed E-state index contributed by atoms with van der Waals surface area (Å²) in [5.41, 5.74) is 7.24. The molecule has 0 spiro atoms. The van der Waals surface area contributed by atoms with Crippen molar-refractivity contribution in [2.45, 2.75) is 31.7 Å². The molecule has 0 saturated carbocycles. The van der Waals surface area contributed by atoms with E-state index < -0.39 is 6.04 Å². The monoisotopic (exact) mass is 276 g/mol. The van der Waals surface area contributed by atoms with Crippen molar-refractivity contribution in [3.05, 3.63) is 35.9 Å². The number of benzene rings is 1. The van der Waals surface area contributed by atoms with Gasteiger partial charge in [-0.05, 0) is 37.2 Å². The fourth-order valence-corrected chi connectivity index (χ4v) is 2.74. The lowest BCUT2D eigenvalue weighted by molar-refractivity contribution is -0.134. The SMILES string of the molecule is N[C@@H](CCc1ccccc1)C(=O)N1CCCC(CO)C1. The molecule has 1 aliphatic rings. The molecular formula is C16H24N2O2. The summed E-state index contributed by atoms with van der Waals surface area (Å²) in [5.74, 6) is 0.244. The Kier molecular flexibility index (Phi) is 5.56. The van der Waals surface area contributed by atoms with Crippen molar-refractivity contribution in [2.75, 3.05) is 19.7 Å². The van der Waals surface area contributed by atoms with Crippen LogP contribution in [0.4, 0.5) is 0 Å². The Morgan fingerprint density at radius 3 is 2.85 bits per heavy atom. The molecule has 1 unspecified atom stereocenters. The topological polar surface area (TPSA) is 66.6 Å². The van der Waals surface area contributed by atoms with Crippen molar-refractivity contribution in [3.63, 3.8) is 0 Å². The standard InChI is InChI=1S/C16H24N2O2/c17-15(9-8-13-5-2-1-3-6-13)16(20)18-10-4-7-14(11-18)12-19/h1-3,5-6,14-15,19H,4,7-12,17H2/t14?,15-/m0/s1. The van der Waals surface area contributed by atoms with Crippen LogP contribution < -0.4 is 5.73 Å². The highest BCUT2D eigenvalue weighted by atomic mass is 16.3. The zero-order valence-corrected chi connectivity index (χ0v) is 11.9. The second kappa shape index (κ2) is 7.41. The predicted molar refractivity (Wildman–Crippen MR) is 79.1 cm³/mol. The highest BCUT2D eigenvalue weighted by Crippen LogP contribution is 2.17. The first-order valence-corrected chi connectivity index (χ1v) is 7.40. The molecule has 1 aromatic rings. The second-order valence-corrected chi connectivity index (χ2v) is 5.61. The molecule has 1 fully saturated rings. The van der Waals surface area contributed by atoms with E-state index in [1.165, 1.54) is 5.56 Å². The fraction of sp³-hybridized carbons (Fsp3) is 0.562. The van der Waals surface area contributed by atoms with Gasteiger partial charge in [-0.1, -0.05) is 30.3 Å². The van der Waals surface area contributed by atoms with Gasteiger partial charge in [-0.2, -0.15) is 0 Å². The first-order valence-electron chi connectivity index (χ1n) is 7.40. The van der Waals surface area contributed by atoms with E-state index >= 15 is 0 Å². The smallest absolute Gasteiger partial charge is 0.239 e. The number of aliphatic hydroxyl groups is 1. The van der Waals surface area contributed by atoms with E-state index in [0.29, 0.717) is 13.0 Å². The molecular weight excluding hydrogens is 252 g/mol. The van der Waals surface area contributed by atoms with Gasteiger partial charge < -0.3 is 15.7 Å². The van der Waals surface area contributed by atoms with Crippen LogP contribution in [0.1, 0.15) is 24.8 Å². The van der Waals surface area contributed by atoms with Crippen molar-refractivity contribution in [3.8, 4) is 0 Å². The molecule has 110 valence electrons. The number of aryl methyl sites for hydroxylation is 1. The van der Waals surface area contributed by atoms with Crippen LogP contribution in [-0.2, 0) is 11.2 Å². The van der Waals surface area contributed by atoms with E-state index in [-0.39, 0.29) is 18.4 Å². The van der Waals surface area contributed by atoms with Crippen LogP contribution in [0, 0.1) is 5.92 Å². The van der Waals surface area contributed by atoms with Crippen molar-refractivity contribution < 1.29 is 9.90 Å². The number of carbonyl (C=O) groups is 1. The van der Waals surface area contributed by atoms with E-state index in [4.69, 9.17) is 5.73 Å². The maximum atomic E-state index is 12.3. The maximum absolute atomic E-state index is 12.3. The third-order valence-electron chi connectivity index (χ3n) is 3.99. The van der Waals surface area contributed by atoms with E-state index in [1.54, 1.807) is 0 Å². The van der Waals surface area contributed by atoms with E-state index in [0.717, 1.165) is 25.8 Å². The van der Waals surface area contributed by atoms with Crippen molar-refractivity contribution in [1.29, 1.82) is 0 Å². The van der Waals surface area contributed by atoms with Crippen molar-refractivity contribution >= 4 is 5.91 Å². The zero-order valence-electron chi connectivity index (χ0n) is 11.9. The molecule has 0 aromatic heterocycles. The average molecular weight is 276 g/mol. The van der Waals surface area contributed by atoms with Crippen LogP contribution in [-0.4, -0.2) is 41.7 Å². The van der Waals surface area contributed by atoms with Crippen LogP contribution in [0.2, 0.25) is 0 Å². The summed E-state index contributed by atoms with van der Waals surface area (Å²) in [6.07, 6.45) is 3.45. The Hall–Kier alpha value is -1.39. The minimum atomic E-state index is -0.437. The van der Waals surface area contributed by atoms with Gasteiger partial charge in [-0.25, -0.2) is 0 Å². The Bertz CT molecular complexity index is 422. The molecule has 3 N–H and O–H groups in total. The molecule has 2 rings (SSSR count). The molecule has 1 saturated heterocycles. The number of amides is 1. The van der Waals surface area contributed by atoms with Gasteiger partial charge in [0.05, 0.1) is 6.04 Å². The normalized spacial score (nSPS) is 20.7.